The van der Waals surface area contributed by atoms with Gasteiger partial charge in [-0.3, -0.25) is 0 Å². The average molecular weight is 236 g/mol. The first-order valence-corrected chi connectivity index (χ1v) is 4.75. The van der Waals surface area contributed by atoms with E-state index in [-0.39, 0.29) is 21.7 Å². The van der Waals surface area contributed by atoms with Gasteiger partial charge in [-0.1, -0.05) is 0 Å². The molecule has 0 bridgehead atoms. The summed E-state index contributed by atoms with van der Waals surface area (Å²) in [4.78, 5) is 0. The molecule has 0 spiro atoms. The Kier molecular flexibility index (Phi) is 31.0. The van der Waals surface area contributed by atoms with Gasteiger partial charge in [-0.2, -0.15) is 50.2 Å². The molecule has 2 rings (SSSR count). The van der Waals surface area contributed by atoms with Crippen molar-refractivity contribution in [3.63, 3.8) is 0 Å². The van der Waals surface area contributed by atoms with Crippen molar-refractivity contribution in [2.45, 2.75) is 13.8 Å². The molecule has 0 N–H and O–H groups in total. The molecular weight excluding hydrogens is 216 g/mol. The first-order chi connectivity index (χ1) is 7.00. The van der Waals surface area contributed by atoms with Gasteiger partial charge in [0.1, 0.15) is 0 Å². The molecule has 2 aromatic carbocycles. The normalized spacial score (nSPS) is 6.13. The monoisotopic (exact) mass is 236 g/mol. The van der Waals surface area contributed by atoms with Crippen LogP contribution < -0.4 is 0 Å². The molecule has 0 atom stereocenters. The third kappa shape index (κ3) is 19.7. The Hall–Kier alpha value is -0.586. The van der Waals surface area contributed by atoms with Crippen LogP contribution in [0.15, 0.2) is 60.7 Å². The standard InChI is InChI=1S/2C5H5.2C2H5.Ti/c2*1-2-4-5-3-1;2*1-2;/h2*1-5H;2*1H2,2H3;/q4*-1;+4. The van der Waals surface area contributed by atoms with Gasteiger partial charge < -0.3 is 13.8 Å². The van der Waals surface area contributed by atoms with Crippen LogP contribution in [0.1, 0.15) is 13.8 Å². The molecule has 0 aliphatic heterocycles. The minimum Gasteiger partial charge on any atom is -0.346 e. The number of hydrogen-bond donors (Lipinski definition) is 0. The van der Waals surface area contributed by atoms with E-state index in [1.165, 1.54) is 0 Å². The summed E-state index contributed by atoms with van der Waals surface area (Å²) >= 11 is 0. The first-order valence-electron chi connectivity index (χ1n) is 4.75. The van der Waals surface area contributed by atoms with Gasteiger partial charge in [0.2, 0.25) is 0 Å². The zero-order valence-electron chi connectivity index (χ0n) is 9.69. The molecule has 0 aromatic heterocycles. The van der Waals surface area contributed by atoms with Crippen LogP contribution in [0.3, 0.4) is 0 Å². The maximum absolute atomic E-state index is 3.25. The second kappa shape index (κ2) is 23.3. The van der Waals surface area contributed by atoms with E-state index in [2.05, 4.69) is 13.8 Å². The third-order valence-corrected chi connectivity index (χ3v) is 1.11. The topological polar surface area (TPSA) is 0 Å². The van der Waals surface area contributed by atoms with Gasteiger partial charge in [0.15, 0.2) is 0 Å². The van der Waals surface area contributed by atoms with E-state index >= 15 is 0 Å². The van der Waals surface area contributed by atoms with Gasteiger partial charge in [0, 0.05) is 0 Å². The van der Waals surface area contributed by atoms with Crippen molar-refractivity contribution in [3.05, 3.63) is 74.5 Å². The molecular formula is C14H20Ti. The van der Waals surface area contributed by atoms with Crippen molar-refractivity contribution in [1.82, 2.24) is 0 Å². The van der Waals surface area contributed by atoms with Crippen molar-refractivity contribution in [1.29, 1.82) is 0 Å². The Morgan fingerprint density at radius 3 is 0.867 bits per heavy atom. The van der Waals surface area contributed by atoms with Gasteiger partial charge in [-0.15, -0.1) is 0 Å². The summed E-state index contributed by atoms with van der Waals surface area (Å²) < 4.78 is 0. The van der Waals surface area contributed by atoms with Crippen LogP contribution in [0.2, 0.25) is 0 Å². The molecule has 0 saturated heterocycles. The van der Waals surface area contributed by atoms with Gasteiger partial charge in [0.05, 0.1) is 0 Å². The van der Waals surface area contributed by atoms with E-state index in [1.54, 1.807) is 13.8 Å². The molecule has 1 heteroatoms. The van der Waals surface area contributed by atoms with Crippen LogP contribution >= 0.6 is 0 Å². The first kappa shape index (κ1) is 19.9. The summed E-state index contributed by atoms with van der Waals surface area (Å²) in [6.07, 6.45) is 0. The van der Waals surface area contributed by atoms with Gasteiger partial charge >= 0.3 is 21.7 Å². The smallest absolute Gasteiger partial charge is 0.346 e. The van der Waals surface area contributed by atoms with Crippen LogP contribution in [-0.4, -0.2) is 0 Å². The van der Waals surface area contributed by atoms with Crippen LogP contribution in [0.25, 0.3) is 0 Å². The molecule has 2 aromatic rings. The summed E-state index contributed by atoms with van der Waals surface area (Å²) in [5, 5.41) is 0. The summed E-state index contributed by atoms with van der Waals surface area (Å²) in [5.41, 5.74) is 0. The van der Waals surface area contributed by atoms with E-state index in [0.29, 0.717) is 0 Å². The summed E-state index contributed by atoms with van der Waals surface area (Å²) in [7, 11) is 0. The minimum absolute atomic E-state index is 0. The Morgan fingerprint density at radius 1 is 0.600 bits per heavy atom. The van der Waals surface area contributed by atoms with Gasteiger partial charge in [-0.05, 0) is 0 Å². The predicted octanol–water partition coefficient (Wildman–Crippen LogP) is 4.49. The minimum atomic E-state index is 0. The van der Waals surface area contributed by atoms with Gasteiger partial charge in [0.25, 0.3) is 0 Å². The van der Waals surface area contributed by atoms with E-state index < -0.39 is 0 Å². The molecule has 0 heterocycles. The molecule has 0 aliphatic carbocycles. The maximum atomic E-state index is 3.25. The van der Waals surface area contributed by atoms with Crippen LogP contribution in [0.5, 0.6) is 0 Å². The van der Waals surface area contributed by atoms with Crippen molar-refractivity contribution in [2.24, 2.45) is 0 Å². The van der Waals surface area contributed by atoms with Crippen LogP contribution in [0, 0.1) is 13.8 Å². The van der Waals surface area contributed by atoms with Crippen molar-refractivity contribution in [2.75, 3.05) is 0 Å². The Balaban J connectivity index is -0.000000138. The average Bonchev–Trinajstić information content (AvgIpc) is 3.01. The molecule has 0 fully saturated rings. The summed E-state index contributed by atoms with van der Waals surface area (Å²) in [5.74, 6) is 0. The predicted molar refractivity (Wildman–Crippen MR) is 66.1 cm³/mol. The Bertz CT molecular complexity index is 145. The molecule has 0 nitrogen and oxygen atoms in total. The van der Waals surface area contributed by atoms with E-state index in [0.717, 1.165) is 0 Å². The molecule has 0 amide bonds. The molecule has 0 radical (unpaired) electrons. The van der Waals surface area contributed by atoms with Crippen molar-refractivity contribution >= 4 is 0 Å². The van der Waals surface area contributed by atoms with Crippen molar-refractivity contribution < 1.29 is 21.7 Å². The quantitative estimate of drug-likeness (QED) is 0.467. The van der Waals surface area contributed by atoms with Gasteiger partial charge in [-0.25, -0.2) is 24.3 Å². The Morgan fingerprint density at radius 2 is 0.800 bits per heavy atom. The molecule has 0 unspecified atom stereocenters. The molecule has 15 heavy (non-hydrogen) atoms. The fraction of sp³-hybridized carbons (Fsp3) is 0.143. The summed E-state index contributed by atoms with van der Waals surface area (Å²) in [6.45, 7) is 10.0. The molecule has 0 saturated carbocycles. The van der Waals surface area contributed by atoms with E-state index in [4.69, 9.17) is 0 Å². The van der Waals surface area contributed by atoms with Crippen LogP contribution in [0.4, 0.5) is 0 Å². The van der Waals surface area contributed by atoms with E-state index in [9.17, 15) is 0 Å². The number of hydrogen-bond acceptors (Lipinski definition) is 0. The second-order valence-corrected chi connectivity index (χ2v) is 1.92. The van der Waals surface area contributed by atoms with Crippen molar-refractivity contribution in [3.8, 4) is 0 Å². The Labute approximate surface area is 110 Å². The molecule has 80 valence electrons. The van der Waals surface area contributed by atoms with E-state index in [1.807, 2.05) is 60.7 Å². The van der Waals surface area contributed by atoms with Crippen LogP contribution in [-0.2, 0) is 21.7 Å². The fourth-order valence-electron chi connectivity index (χ4n) is 0.642. The molecule has 0 aliphatic rings. The maximum Gasteiger partial charge on any atom is 4.00 e. The number of rotatable bonds is 0. The summed E-state index contributed by atoms with van der Waals surface area (Å²) in [6, 6.07) is 20.0. The zero-order chi connectivity index (χ0) is 11.1. The largest absolute Gasteiger partial charge is 4.00 e. The second-order valence-electron chi connectivity index (χ2n) is 1.92. The zero-order valence-corrected chi connectivity index (χ0v) is 11.2. The third-order valence-electron chi connectivity index (χ3n) is 1.11. The SMILES string of the molecule is [CH2-]C.[CH2-]C.[Ti+4].c1cc[cH-]c1.c1cc[cH-]c1. The fourth-order valence-corrected chi connectivity index (χ4v) is 0.642.